The van der Waals surface area contributed by atoms with Crippen LogP contribution in [0.5, 0.6) is 17.2 Å². The second-order valence-electron chi connectivity index (χ2n) is 4.57. The van der Waals surface area contributed by atoms with E-state index >= 15 is 0 Å². The normalized spacial score (nSPS) is 12.5. The number of amides is 2. The van der Waals surface area contributed by atoms with Gasteiger partial charge < -0.3 is 24.8 Å². The van der Waals surface area contributed by atoms with E-state index in [0.717, 1.165) is 0 Å². The lowest BCUT2D eigenvalue weighted by Crippen LogP contribution is -2.44. The molecular formula is C14H19N3O7. The molecule has 2 N–H and O–H groups in total. The van der Waals surface area contributed by atoms with Gasteiger partial charge in [-0.15, -0.1) is 0 Å². The van der Waals surface area contributed by atoms with E-state index in [0.29, 0.717) is 0 Å². The molecule has 10 nitrogen and oxygen atoms in total. The van der Waals surface area contributed by atoms with Crippen LogP contribution in [0.25, 0.3) is 0 Å². The monoisotopic (exact) mass is 341 g/mol. The molecule has 0 aliphatic heterocycles. The first kappa shape index (κ1) is 19.0. The van der Waals surface area contributed by atoms with E-state index < -0.39 is 23.0 Å². The van der Waals surface area contributed by atoms with E-state index in [9.17, 15) is 19.7 Å². The van der Waals surface area contributed by atoms with Crippen LogP contribution < -0.4 is 24.8 Å². The van der Waals surface area contributed by atoms with E-state index in [2.05, 4.69) is 10.6 Å². The standard InChI is InChI=1S/C14H19N3O7/c1-15-14(19)16-12(9(7-18)17(20)21)8-5-10(22-2)13(24-4)11(6-8)23-3/h5-7,9,12H,1-4H3,(H2,15,16,19)/t9-,12+/m0/s1. The first-order valence-electron chi connectivity index (χ1n) is 6.80. The Kier molecular flexibility index (Phi) is 6.78. The zero-order valence-corrected chi connectivity index (χ0v) is 13.7. The van der Waals surface area contributed by atoms with Crippen LogP contribution in [0.1, 0.15) is 11.6 Å². The highest BCUT2D eigenvalue weighted by atomic mass is 16.6. The number of nitrogens with zero attached hydrogens (tertiary/aromatic N) is 1. The largest absolute Gasteiger partial charge is 0.493 e. The molecule has 0 radical (unpaired) electrons. The number of ether oxygens (including phenoxy) is 3. The molecule has 0 aromatic heterocycles. The molecule has 1 aromatic rings. The number of hydrogen-bond donors (Lipinski definition) is 2. The van der Waals surface area contributed by atoms with Gasteiger partial charge in [-0.05, 0) is 17.7 Å². The molecule has 132 valence electrons. The van der Waals surface area contributed by atoms with Crippen molar-refractivity contribution >= 4 is 12.3 Å². The summed E-state index contributed by atoms with van der Waals surface area (Å²) in [6.45, 7) is 0. The average Bonchev–Trinajstić information content (AvgIpc) is 2.59. The number of benzene rings is 1. The second-order valence-corrected chi connectivity index (χ2v) is 4.57. The first-order chi connectivity index (χ1) is 11.4. The Morgan fingerprint density at radius 3 is 2.08 bits per heavy atom. The van der Waals surface area contributed by atoms with Crippen LogP contribution in [0.3, 0.4) is 0 Å². The minimum Gasteiger partial charge on any atom is -0.493 e. The van der Waals surface area contributed by atoms with Crippen molar-refractivity contribution in [2.75, 3.05) is 28.4 Å². The van der Waals surface area contributed by atoms with Crippen LogP contribution in [0.4, 0.5) is 4.79 Å². The van der Waals surface area contributed by atoms with E-state index in [1.807, 2.05) is 0 Å². The number of nitro groups is 1. The van der Waals surface area contributed by atoms with Crippen molar-refractivity contribution in [3.8, 4) is 17.2 Å². The molecular weight excluding hydrogens is 322 g/mol. The third-order valence-corrected chi connectivity index (χ3v) is 3.28. The highest BCUT2D eigenvalue weighted by Gasteiger charge is 2.35. The van der Waals surface area contributed by atoms with Crippen LogP contribution in [0, 0.1) is 10.1 Å². The maximum atomic E-state index is 11.6. The van der Waals surface area contributed by atoms with E-state index in [-0.39, 0.29) is 29.1 Å². The molecule has 24 heavy (non-hydrogen) atoms. The molecule has 0 bridgehead atoms. The quantitative estimate of drug-likeness (QED) is 0.401. The van der Waals surface area contributed by atoms with Crippen molar-refractivity contribution in [2.45, 2.75) is 12.1 Å². The first-order valence-corrected chi connectivity index (χ1v) is 6.80. The van der Waals surface area contributed by atoms with Crippen LogP contribution in [0.2, 0.25) is 0 Å². The molecule has 0 saturated heterocycles. The maximum absolute atomic E-state index is 11.6. The zero-order chi connectivity index (χ0) is 18.3. The summed E-state index contributed by atoms with van der Waals surface area (Å²) in [5.74, 6) is 0.762. The Morgan fingerprint density at radius 1 is 1.21 bits per heavy atom. The third kappa shape index (κ3) is 4.03. The molecule has 0 heterocycles. The lowest BCUT2D eigenvalue weighted by atomic mass is 9.99. The molecule has 0 aliphatic carbocycles. The highest BCUT2D eigenvalue weighted by molar-refractivity contribution is 5.75. The Bertz CT molecular complexity index is 595. The molecule has 0 fully saturated rings. The van der Waals surface area contributed by atoms with Gasteiger partial charge in [-0.2, -0.15) is 0 Å². The fraction of sp³-hybridized carbons (Fsp3) is 0.429. The summed E-state index contributed by atoms with van der Waals surface area (Å²) in [7, 11) is 5.52. The van der Waals surface area contributed by atoms with Crippen LogP contribution >= 0.6 is 0 Å². The van der Waals surface area contributed by atoms with Crippen molar-refractivity contribution < 1.29 is 28.7 Å². The third-order valence-electron chi connectivity index (χ3n) is 3.28. The highest BCUT2D eigenvalue weighted by Crippen LogP contribution is 2.40. The van der Waals surface area contributed by atoms with Gasteiger partial charge in [0.2, 0.25) is 5.75 Å². The summed E-state index contributed by atoms with van der Waals surface area (Å²) >= 11 is 0. The number of carbonyl (C=O) groups excluding carboxylic acids is 2. The lowest BCUT2D eigenvalue weighted by molar-refractivity contribution is -0.510. The fourth-order valence-electron chi connectivity index (χ4n) is 2.11. The summed E-state index contributed by atoms with van der Waals surface area (Å²) in [6.07, 6.45) is 0.157. The van der Waals surface area contributed by atoms with Crippen LogP contribution in [-0.4, -0.2) is 51.7 Å². The number of carbonyl (C=O) groups is 2. The zero-order valence-electron chi connectivity index (χ0n) is 13.7. The van der Waals surface area contributed by atoms with Crippen molar-refractivity contribution in [3.63, 3.8) is 0 Å². The fourth-order valence-corrected chi connectivity index (χ4v) is 2.11. The maximum Gasteiger partial charge on any atom is 0.315 e. The molecule has 2 atom stereocenters. The Morgan fingerprint density at radius 2 is 1.75 bits per heavy atom. The molecule has 1 rings (SSSR count). The predicted octanol–water partition coefficient (Wildman–Crippen LogP) is 0.527. The lowest BCUT2D eigenvalue weighted by Gasteiger charge is -2.21. The molecule has 0 spiro atoms. The molecule has 0 saturated carbocycles. The molecule has 1 aromatic carbocycles. The number of urea groups is 1. The number of rotatable bonds is 8. The minimum atomic E-state index is -1.69. The Hall–Kier alpha value is -3.04. The Labute approximate surface area is 138 Å². The van der Waals surface area contributed by atoms with Crippen molar-refractivity contribution in [3.05, 3.63) is 27.8 Å². The molecule has 2 amide bonds. The van der Waals surface area contributed by atoms with Gasteiger partial charge >= 0.3 is 6.03 Å². The van der Waals surface area contributed by atoms with Gasteiger partial charge in [-0.25, -0.2) is 4.79 Å². The van der Waals surface area contributed by atoms with Gasteiger partial charge in [0.15, 0.2) is 17.8 Å². The van der Waals surface area contributed by atoms with E-state index in [1.54, 1.807) is 0 Å². The van der Waals surface area contributed by atoms with Gasteiger partial charge in [0, 0.05) is 12.0 Å². The summed E-state index contributed by atoms with van der Waals surface area (Å²) in [6, 6.07) is -0.733. The number of aldehydes is 1. The smallest absolute Gasteiger partial charge is 0.315 e. The van der Waals surface area contributed by atoms with Gasteiger partial charge in [0.25, 0.3) is 6.04 Å². The number of methoxy groups -OCH3 is 3. The Balaban J connectivity index is 3.48. The predicted molar refractivity (Wildman–Crippen MR) is 83.3 cm³/mol. The average molecular weight is 341 g/mol. The van der Waals surface area contributed by atoms with Crippen LogP contribution in [-0.2, 0) is 4.79 Å². The molecule has 0 unspecified atom stereocenters. The van der Waals surface area contributed by atoms with Crippen LogP contribution in [0.15, 0.2) is 12.1 Å². The van der Waals surface area contributed by atoms with Crippen molar-refractivity contribution in [1.29, 1.82) is 0 Å². The number of hydrogen-bond acceptors (Lipinski definition) is 7. The number of nitrogens with one attached hydrogen (secondary N) is 2. The summed E-state index contributed by atoms with van der Waals surface area (Å²) in [4.78, 5) is 33.2. The molecule has 10 heteroatoms. The van der Waals surface area contributed by atoms with Gasteiger partial charge in [-0.1, -0.05) is 0 Å². The summed E-state index contributed by atoms with van der Waals surface area (Å²) in [5, 5.41) is 15.8. The van der Waals surface area contributed by atoms with Crippen molar-refractivity contribution in [1.82, 2.24) is 10.6 Å². The van der Waals surface area contributed by atoms with E-state index in [1.165, 1.54) is 40.5 Å². The molecule has 0 aliphatic rings. The summed E-state index contributed by atoms with van der Waals surface area (Å²) < 4.78 is 15.5. The van der Waals surface area contributed by atoms with Gasteiger partial charge in [-0.3, -0.25) is 14.9 Å². The SMILES string of the molecule is CNC(=O)N[C@H](c1cc(OC)c(OC)c(OC)c1)[C@H](C=O)[N+](=O)[O-]. The second kappa shape index (κ2) is 8.56. The van der Waals surface area contributed by atoms with Gasteiger partial charge in [0.1, 0.15) is 6.04 Å². The van der Waals surface area contributed by atoms with Gasteiger partial charge in [0.05, 0.1) is 21.3 Å². The minimum absolute atomic E-state index is 0.157. The summed E-state index contributed by atoms with van der Waals surface area (Å²) in [5.41, 5.74) is 0.252. The van der Waals surface area contributed by atoms with Crippen molar-refractivity contribution in [2.24, 2.45) is 0 Å². The topological polar surface area (TPSA) is 129 Å². The van der Waals surface area contributed by atoms with E-state index in [4.69, 9.17) is 14.2 Å².